The Labute approximate surface area is 102 Å². The van der Waals surface area contributed by atoms with E-state index in [0.717, 1.165) is 0 Å². The molecule has 8 nitrogen and oxygen atoms in total. The lowest BCUT2D eigenvalue weighted by atomic mass is 10.3. The summed E-state index contributed by atoms with van der Waals surface area (Å²) in [6.45, 7) is 3.22. The minimum atomic E-state index is -4.22. The van der Waals surface area contributed by atoms with Crippen molar-refractivity contribution in [2.45, 2.75) is 26.5 Å². The molecular weight excluding hydrogens is 263 g/mol. The van der Waals surface area contributed by atoms with Gasteiger partial charge in [-0.05, 0) is 13.8 Å². The van der Waals surface area contributed by atoms with Crippen LogP contribution in [0.25, 0.3) is 0 Å². The first-order chi connectivity index (χ1) is 8.19. The largest absolute Gasteiger partial charge is 0.364 e. The molecule has 0 unspecified atom stereocenters. The van der Waals surface area contributed by atoms with Crippen molar-refractivity contribution >= 4 is 7.60 Å². The number of hydrogen-bond donors (Lipinski definition) is 3. The van der Waals surface area contributed by atoms with Gasteiger partial charge in [0.25, 0.3) is 5.56 Å². The van der Waals surface area contributed by atoms with Crippen LogP contribution < -0.4 is 11.2 Å². The van der Waals surface area contributed by atoms with E-state index in [1.165, 1.54) is 10.8 Å². The van der Waals surface area contributed by atoms with Gasteiger partial charge in [0.05, 0.1) is 12.6 Å². The fourth-order valence-corrected chi connectivity index (χ4v) is 1.76. The van der Waals surface area contributed by atoms with Gasteiger partial charge in [-0.2, -0.15) is 0 Å². The zero-order valence-electron chi connectivity index (χ0n) is 9.99. The van der Waals surface area contributed by atoms with Crippen molar-refractivity contribution < 1.29 is 19.1 Å². The van der Waals surface area contributed by atoms with Crippen LogP contribution in [-0.2, 0) is 15.8 Å². The number of rotatable bonds is 5. The molecule has 18 heavy (non-hydrogen) atoms. The van der Waals surface area contributed by atoms with Gasteiger partial charge in [-0.15, -0.1) is 0 Å². The maximum Gasteiger partial charge on any atom is 0.350 e. The van der Waals surface area contributed by atoms with Crippen molar-refractivity contribution in [2.24, 2.45) is 0 Å². The molecule has 0 aromatic carbocycles. The summed E-state index contributed by atoms with van der Waals surface area (Å²) in [7, 11) is -4.22. The summed E-state index contributed by atoms with van der Waals surface area (Å²) in [6, 6.07) is 0. The Balaban J connectivity index is 2.74. The van der Waals surface area contributed by atoms with Crippen LogP contribution in [0.1, 0.15) is 12.5 Å². The van der Waals surface area contributed by atoms with E-state index in [9.17, 15) is 14.2 Å². The van der Waals surface area contributed by atoms with E-state index in [1.54, 1.807) is 13.8 Å². The van der Waals surface area contributed by atoms with Crippen LogP contribution in [0.2, 0.25) is 0 Å². The molecule has 0 saturated carbocycles. The predicted octanol–water partition coefficient (Wildman–Crippen LogP) is -0.615. The number of hydrogen-bond acceptors (Lipinski definition) is 4. The Morgan fingerprint density at radius 3 is 2.67 bits per heavy atom. The standard InChI is InChI=1S/C9H15N2O6P/c1-6-3-11(9(13)10-8(6)12)4-7(2)17-5-18(14,15)16/h3,7H,4-5H2,1-2H3,(H,10,12,13)(H2,14,15,16)/t7-/m1/s1. The fraction of sp³-hybridized carbons (Fsp3) is 0.556. The molecule has 1 rings (SSSR count). The molecule has 1 aromatic rings. The number of ether oxygens (including phenoxy) is 1. The zero-order valence-corrected chi connectivity index (χ0v) is 10.9. The van der Waals surface area contributed by atoms with Gasteiger partial charge in [0.2, 0.25) is 0 Å². The van der Waals surface area contributed by atoms with Gasteiger partial charge in [-0.3, -0.25) is 18.9 Å². The lowest BCUT2D eigenvalue weighted by Gasteiger charge is -2.15. The van der Waals surface area contributed by atoms with Crippen molar-refractivity contribution in [3.63, 3.8) is 0 Å². The van der Waals surface area contributed by atoms with E-state index in [4.69, 9.17) is 14.5 Å². The van der Waals surface area contributed by atoms with Gasteiger partial charge in [-0.25, -0.2) is 4.79 Å². The number of nitrogens with one attached hydrogen (secondary N) is 1. The van der Waals surface area contributed by atoms with Crippen molar-refractivity contribution in [1.82, 2.24) is 9.55 Å². The summed E-state index contributed by atoms with van der Waals surface area (Å²) in [5, 5.41) is 0. The number of nitrogens with zero attached hydrogens (tertiary/aromatic N) is 1. The molecule has 3 N–H and O–H groups in total. The van der Waals surface area contributed by atoms with E-state index in [0.29, 0.717) is 5.56 Å². The molecule has 1 atom stereocenters. The smallest absolute Gasteiger partial charge is 0.350 e. The number of H-pyrrole nitrogens is 1. The molecule has 0 radical (unpaired) electrons. The fourth-order valence-electron chi connectivity index (χ4n) is 1.31. The molecule has 9 heteroatoms. The third-order valence-corrected chi connectivity index (χ3v) is 2.66. The molecule has 0 bridgehead atoms. The molecule has 0 spiro atoms. The van der Waals surface area contributed by atoms with Crippen LogP contribution in [0.5, 0.6) is 0 Å². The molecule has 0 fully saturated rings. The first-order valence-electron chi connectivity index (χ1n) is 5.15. The van der Waals surface area contributed by atoms with Crippen LogP contribution in [0.3, 0.4) is 0 Å². The molecule has 0 aliphatic rings. The van der Waals surface area contributed by atoms with Gasteiger partial charge >= 0.3 is 13.3 Å². The topological polar surface area (TPSA) is 122 Å². The summed E-state index contributed by atoms with van der Waals surface area (Å²) in [6.07, 6.45) is 0.102. The van der Waals surface area contributed by atoms with E-state index >= 15 is 0 Å². The van der Waals surface area contributed by atoms with Gasteiger partial charge in [0.1, 0.15) is 6.35 Å². The minimum absolute atomic E-state index is 0.0937. The van der Waals surface area contributed by atoms with E-state index in [1.807, 2.05) is 0 Å². The van der Waals surface area contributed by atoms with Crippen LogP contribution in [0, 0.1) is 6.92 Å². The van der Waals surface area contributed by atoms with Crippen molar-refractivity contribution in [1.29, 1.82) is 0 Å². The van der Waals surface area contributed by atoms with Gasteiger partial charge < -0.3 is 14.5 Å². The summed E-state index contributed by atoms with van der Waals surface area (Å²) in [5.74, 6) is 0. The highest BCUT2D eigenvalue weighted by Gasteiger charge is 2.16. The van der Waals surface area contributed by atoms with Gasteiger partial charge in [0, 0.05) is 11.8 Å². The second-order valence-electron chi connectivity index (χ2n) is 3.99. The van der Waals surface area contributed by atoms with Crippen LogP contribution >= 0.6 is 7.60 Å². The van der Waals surface area contributed by atoms with E-state index in [-0.39, 0.29) is 6.54 Å². The Morgan fingerprint density at radius 1 is 1.50 bits per heavy atom. The normalized spacial score (nSPS) is 13.6. The van der Waals surface area contributed by atoms with E-state index in [2.05, 4.69) is 4.98 Å². The summed E-state index contributed by atoms with van der Waals surface area (Å²) in [5.41, 5.74) is -0.672. The molecule has 0 aliphatic carbocycles. The maximum absolute atomic E-state index is 11.4. The molecule has 1 heterocycles. The average Bonchev–Trinajstić information content (AvgIpc) is 2.22. The lowest BCUT2D eigenvalue weighted by molar-refractivity contribution is 0.0746. The van der Waals surface area contributed by atoms with Crippen molar-refractivity contribution in [3.8, 4) is 0 Å². The first kappa shape index (κ1) is 14.8. The second kappa shape index (κ2) is 5.62. The Kier molecular flexibility index (Phi) is 4.64. The van der Waals surface area contributed by atoms with Crippen molar-refractivity contribution in [3.05, 3.63) is 32.6 Å². The molecule has 0 amide bonds. The Hall–Kier alpha value is -1.21. The third-order valence-electron chi connectivity index (χ3n) is 2.17. The quantitative estimate of drug-likeness (QED) is 0.617. The SMILES string of the molecule is Cc1cn(C[C@@H](C)OCP(=O)(O)O)c(=O)[nH]c1=O. The summed E-state index contributed by atoms with van der Waals surface area (Å²) in [4.78, 5) is 42.0. The molecule has 1 aromatic heterocycles. The first-order valence-corrected chi connectivity index (χ1v) is 6.95. The van der Waals surface area contributed by atoms with Crippen molar-refractivity contribution in [2.75, 3.05) is 6.35 Å². The summed E-state index contributed by atoms with van der Waals surface area (Å²) >= 11 is 0. The highest BCUT2D eigenvalue weighted by atomic mass is 31.2. The minimum Gasteiger partial charge on any atom is -0.364 e. The van der Waals surface area contributed by atoms with Crippen LogP contribution in [-0.4, -0.2) is 31.8 Å². The second-order valence-corrected chi connectivity index (χ2v) is 5.58. The van der Waals surface area contributed by atoms with Crippen LogP contribution in [0.4, 0.5) is 0 Å². The Bertz CT molecular complexity index is 571. The molecular formula is C9H15N2O6P. The van der Waals surface area contributed by atoms with Gasteiger partial charge in [-0.1, -0.05) is 0 Å². The number of aromatic amines is 1. The highest BCUT2D eigenvalue weighted by Crippen LogP contribution is 2.34. The predicted molar refractivity (Wildman–Crippen MR) is 63.5 cm³/mol. The zero-order chi connectivity index (χ0) is 13.9. The third kappa shape index (κ3) is 4.58. The Morgan fingerprint density at radius 2 is 2.11 bits per heavy atom. The van der Waals surface area contributed by atoms with Gasteiger partial charge in [0.15, 0.2) is 0 Å². The molecule has 0 saturated heterocycles. The highest BCUT2D eigenvalue weighted by molar-refractivity contribution is 7.51. The number of aryl methyl sites for hydroxylation is 1. The monoisotopic (exact) mass is 278 g/mol. The van der Waals surface area contributed by atoms with Crippen LogP contribution in [0.15, 0.2) is 15.8 Å². The maximum atomic E-state index is 11.4. The molecule has 102 valence electrons. The number of aromatic nitrogens is 2. The molecule has 0 aliphatic heterocycles. The lowest BCUT2D eigenvalue weighted by Crippen LogP contribution is -2.33. The summed E-state index contributed by atoms with van der Waals surface area (Å²) < 4.78 is 16.8. The average molecular weight is 278 g/mol. The van der Waals surface area contributed by atoms with E-state index < -0.39 is 31.3 Å².